The van der Waals surface area contributed by atoms with E-state index in [4.69, 9.17) is 4.74 Å². The van der Waals surface area contributed by atoms with Crippen LogP contribution in [0.3, 0.4) is 0 Å². The summed E-state index contributed by atoms with van der Waals surface area (Å²) in [7, 11) is 1.61. The molecule has 0 aromatic heterocycles. The minimum absolute atomic E-state index is 0.130. The third-order valence-electron chi connectivity index (χ3n) is 2.62. The summed E-state index contributed by atoms with van der Waals surface area (Å²) in [5, 5.41) is 0. The lowest BCUT2D eigenvalue weighted by Gasteiger charge is -2.15. The fourth-order valence-electron chi connectivity index (χ4n) is 1.56. The molecule has 1 atom stereocenters. The van der Waals surface area contributed by atoms with Crippen LogP contribution in [0.5, 0.6) is 0 Å². The average Bonchev–Trinajstić information content (AvgIpc) is 2.15. The highest BCUT2D eigenvalue weighted by molar-refractivity contribution is 5.32. The second-order valence-corrected chi connectivity index (χ2v) is 3.59. The Morgan fingerprint density at radius 2 is 1.86 bits per heavy atom. The Morgan fingerprint density at radius 1 is 1.29 bits per heavy atom. The van der Waals surface area contributed by atoms with E-state index in [1.54, 1.807) is 13.2 Å². The van der Waals surface area contributed by atoms with Crippen LogP contribution in [0.15, 0.2) is 12.1 Å². The molecule has 0 spiro atoms. The van der Waals surface area contributed by atoms with Gasteiger partial charge in [0.25, 0.3) is 0 Å². The van der Waals surface area contributed by atoms with Gasteiger partial charge in [0.2, 0.25) is 0 Å². The lowest BCUT2D eigenvalue weighted by atomic mass is 10.0. The molecule has 0 aliphatic carbocycles. The second kappa shape index (κ2) is 4.56. The summed E-state index contributed by atoms with van der Waals surface area (Å²) in [5.41, 5.74) is 2.76. The van der Waals surface area contributed by atoms with Gasteiger partial charge in [-0.05, 0) is 37.5 Å². The van der Waals surface area contributed by atoms with Crippen molar-refractivity contribution >= 4 is 0 Å². The van der Waals surface area contributed by atoms with E-state index in [9.17, 15) is 4.39 Å². The van der Waals surface area contributed by atoms with Crippen LogP contribution in [0.1, 0.15) is 36.1 Å². The maximum atomic E-state index is 13.6. The van der Waals surface area contributed by atoms with Crippen molar-refractivity contribution in [2.45, 2.75) is 33.3 Å². The average molecular weight is 196 g/mol. The van der Waals surface area contributed by atoms with Gasteiger partial charge in [0.05, 0.1) is 6.10 Å². The van der Waals surface area contributed by atoms with Crippen LogP contribution in [0.4, 0.5) is 4.39 Å². The molecule has 1 rings (SSSR count). The smallest absolute Gasteiger partial charge is 0.129 e. The van der Waals surface area contributed by atoms with Crippen LogP contribution < -0.4 is 0 Å². The Balaban J connectivity index is 3.14. The molecule has 78 valence electrons. The molecule has 0 fully saturated rings. The van der Waals surface area contributed by atoms with Gasteiger partial charge in [-0.1, -0.05) is 13.0 Å². The molecule has 1 aromatic carbocycles. The highest BCUT2D eigenvalue weighted by Crippen LogP contribution is 2.25. The molecule has 14 heavy (non-hydrogen) atoms. The number of halogens is 1. The number of methoxy groups -OCH3 is 1. The van der Waals surface area contributed by atoms with Crippen molar-refractivity contribution < 1.29 is 9.13 Å². The lowest BCUT2D eigenvalue weighted by Crippen LogP contribution is -2.04. The minimum Gasteiger partial charge on any atom is -0.377 e. The third kappa shape index (κ3) is 2.13. The predicted octanol–water partition coefficient (Wildman–Crippen LogP) is 3.54. The van der Waals surface area contributed by atoms with Crippen molar-refractivity contribution in [2.24, 2.45) is 0 Å². The van der Waals surface area contributed by atoms with E-state index in [-0.39, 0.29) is 11.9 Å². The van der Waals surface area contributed by atoms with E-state index in [0.717, 1.165) is 17.5 Å². The topological polar surface area (TPSA) is 9.23 Å². The van der Waals surface area contributed by atoms with E-state index >= 15 is 0 Å². The van der Waals surface area contributed by atoms with Crippen LogP contribution in [0.25, 0.3) is 0 Å². The van der Waals surface area contributed by atoms with Crippen molar-refractivity contribution in [3.63, 3.8) is 0 Å². The minimum atomic E-state index is -0.165. The molecular weight excluding hydrogens is 179 g/mol. The van der Waals surface area contributed by atoms with E-state index in [1.165, 1.54) is 0 Å². The molecule has 1 nitrogen and oxygen atoms in total. The molecule has 0 aliphatic rings. The molecule has 1 unspecified atom stereocenters. The predicted molar refractivity (Wildman–Crippen MR) is 55.9 cm³/mol. The lowest BCUT2D eigenvalue weighted by molar-refractivity contribution is 0.0968. The van der Waals surface area contributed by atoms with Crippen molar-refractivity contribution in [1.82, 2.24) is 0 Å². The molecule has 0 heterocycles. The Hall–Kier alpha value is -0.890. The summed E-state index contributed by atoms with van der Waals surface area (Å²) in [6.45, 7) is 5.89. The Kier molecular flexibility index (Phi) is 3.64. The summed E-state index contributed by atoms with van der Waals surface area (Å²) in [5.74, 6) is -0.165. The molecule has 0 amide bonds. The molecule has 2 heteroatoms. The molecule has 0 aliphatic heterocycles. The zero-order chi connectivity index (χ0) is 10.7. The fraction of sp³-hybridized carbons (Fsp3) is 0.500. The normalized spacial score (nSPS) is 12.9. The van der Waals surface area contributed by atoms with Crippen molar-refractivity contribution in [1.29, 1.82) is 0 Å². The highest BCUT2D eigenvalue weighted by atomic mass is 19.1. The molecule has 0 radical (unpaired) electrons. The molecule has 0 saturated carbocycles. The number of hydrogen-bond donors (Lipinski definition) is 0. The van der Waals surface area contributed by atoms with Crippen LogP contribution >= 0.6 is 0 Å². The Bertz CT molecular complexity index is 316. The first kappa shape index (κ1) is 11.2. The van der Waals surface area contributed by atoms with Crippen molar-refractivity contribution in [3.8, 4) is 0 Å². The number of hydrogen-bond acceptors (Lipinski definition) is 1. The van der Waals surface area contributed by atoms with Crippen molar-refractivity contribution in [2.75, 3.05) is 7.11 Å². The van der Waals surface area contributed by atoms with E-state index in [1.807, 2.05) is 26.8 Å². The summed E-state index contributed by atoms with van der Waals surface area (Å²) in [6, 6.07) is 3.45. The largest absolute Gasteiger partial charge is 0.377 e. The van der Waals surface area contributed by atoms with Gasteiger partial charge in [-0.15, -0.1) is 0 Å². The molecule has 0 N–H and O–H groups in total. The number of aryl methyl sites for hydroxylation is 2. The van der Waals surface area contributed by atoms with E-state index in [2.05, 4.69) is 0 Å². The summed E-state index contributed by atoms with van der Waals surface area (Å²) in [4.78, 5) is 0. The fourth-order valence-corrected chi connectivity index (χ4v) is 1.56. The zero-order valence-electron chi connectivity index (χ0n) is 9.23. The van der Waals surface area contributed by atoms with Crippen LogP contribution in [-0.4, -0.2) is 7.11 Å². The van der Waals surface area contributed by atoms with E-state index in [0.29, 0.717) is 5.56 Å². The monoisotopic (exact) mass is 196 g/mol. The number of benzene rings is 1. The van der Waals surface area contributed by atoms with Gasteiger partial charge in [-0.3, -0.25) is 0 Å². The van der Waals surface area contributed by atoms with Crippen LogP contribution in [0.2, 0.25) is 0 Å². The SMILES string of the molecule is CCC(OC)c1cc(C)c(C)cc1F. The van der Waals surface area contributed by atoms with Gasteiger partial charge >= 0.3 is 0 Å². The number of ether oxygens (including phenoxy) is 1. The van der Waals surface area contributed by atoms with Crippen molar-refractivity contribution in [3.05, 3.63) is 34.6 Å². The van der Waals surface area contributed by atoms with Gasteiger partial charge in [-0.2, -0.15) is 0 Å². The maximum Gasteiger partial charge on any atom is 0.129 e. The first-order valence-electron chi connectivity index (χ1n) is 4.89. The first-order valence-corrected chi connectivity index (χ1v) is 4.89. The van der Waals surface area contributed by atoms with Gasteiger partial charge in [-0.25, -0.2) is 4.39 Å². The number of rotatable bonds is 3. The van der Waals surface area contributed by atoms with Gasteiger partial charge in [0, 0.05) is 12.7 Å². The maximum absolute atomic E-state index is 13.6. The molecule has 0 bridgehead atoms. The third-order valence-corrected chi connectivity index (χ3v) is 2.62. The summed E-state index contributed by atoms with van der Waals surface area (Å²) >= 11 is 0. The van der Waals surface area contributed by atoms with Crippen LogP contribution in [-0.2, 0) is 4.74 Å². The summed E-state index contributed by atoms with van der Waals surface area (Å²) < 4.78 is 18.8. The van der Waals surface area contributed by atoms with Gasteiger partial charge < -0.3 is 4.74 Å². The van der Waals surface area contributed by atoms with Crippen LogP contribution in [0, 0.1) is 19.7 Å². The molecule has 0 saturated heterocycles. The van der Waals surface area contributed by atoms with E-state index < -0.39 is 0 Å². The summed E-state index contributed by atoms with van der Waals surface area (Å²) in [6.07, 6.45) is 0.657. The zero-order valence-corrected chi connectivity index (χ0v) is 9.23. The standard InChI is InChI=1S/C12H17FO/c1-5-12(14-4)10-6-8(2)9(3)7-11(10)13/h6-7,12H,5H2,1-4H3. The quantitative estimate of drug-likeness (QED) is 0.718. The molecule has 1 aromatic rings. The Labute approximate surface area is 84.9 Å². The highest BCUT2D eigenvalue weighted by Gasteiger charge is 2.14. The first-order chi connectivity index (χ1) is 6.60. The van der Waals surface area contributed by atoms with Gasteiger partial charge in [0.1, 0.15) is 5.82 Å². The van der Waals surface area contributed by atoms with Gasteiger partial charge in [0.15, 0.2) is 0 Å². The molecular formula is C12H17FO. The Morgan fingerprint density at radius 3 is 2.36 bits per heavy atom. The second-order valence-electron chi connectivity index (χ2n) is 3.59.